The molecule has 0 spiro atoms. The van der Waals surface area contributed by atoms with E-state index < -0.39 is 16.1 Å². The van der Waals surface area contributed by atoms with Crippen molar-refractivity contribution in [3.8, 4) is 0 Å². The number of halogens is 2. The first kappa shape index (κ1) is 29.9. The maximum Gasteiger partial charge on any atom is 0.242 e. The molecule has 7 nitrogen and oxygen atoms in total. The van der Waals surface area contributed by atoms with Gasteiger partial charge in [0.15, 0.2) is 0 Å². The van der Waals surface area contributed by atoms with Crippen LogP contribution in [0.5, 0.6) is 0 Å². The molecule has 36 heavy (non-hydrogen) atoms. The van der Waals surface area contributed by atoms with Gasteiger partial charge in [-0.15, -0.1) is 0 Å². The van der Waals surface area contributed by atoms with Crippen LogP contribution in [0.15, 0.2) is 36.4 Å². The van der Waals surface area contributed by atoms with Crippen LogP contribution in [0.3, 0.4) is 0 Å². The lowest BCUT2D eigenvalue weighted by Gasteiger charge is -2.30. The van der Waals surface area contributed by atoms with E-state index in [0.717, 1.165) is 23.8 Å². The third-order valence-electron chi connectivity index (χ3n) is 6.07. The molecule has 0 aromatic heterocycles. The van der Waals surface area contributed by atoms with Gasteiger partial charge in [0.2, 0.25) is 21.8 Å². The lowest BCUT2D eigenvalue weighted by atomic mass is 10.1. The summed E-state index contributed by atoms with van der Waals surface area (Å²) in [6.45, 7) is 8.20. The van der Waals surface area contributed by atoms with Gasteiger partial charge in [-0.1, -0.05) is 48.3 Å². The summed E-state index contributed by atoms with van der Waals surface area (Å²) < 4.78 is 26.5. The van der Waals surface area contributed by atoms with Gasteiger partial charge < -0.3 is 10.2 Å². The summed E-state index contributed by atoms with van der Waals surface area (Å²) >= 11 is 12.4. The third kappa shape index (κ3) is 8.11. The van der Waals surface area contributed by atoms with Gasteiger partial charge in [-0.05, 0) is 68.5 Å². The van der Waals surface area contributed by atoms with E-state index in [1.807, 2.05) is 32.9 Å². The van der Waals surface area contributed by atoms with Crippen molar-refractivity contribution in [2.45, 2.75) is 59.5 Å². The number of nitrogens with one attached hydrogen (secondary N) is 1. The summed E-state index contributed by atoms with van der Waals surface area (Å²) in [7, 11) is -3.56. The number of carbonyl (C=O) groups is 2. The van der Waals surface area contributed by atoms with Gasteiger partial charge >= 0.3 is 0 Å². The second-order valence-corrected chi connectivity index (χ2v) is 11.6. The second-order valence-electron chi connectivity index (χ2n) is 8.88. The van der Waals surface area contributed by atoms with E-state index in [9.17, 15) is 18.0 Å². The van der Waals surface area contributed by atoms with Crippen LogP contribution in [0.4, 0.5) is 5.69 Å². The smallest absolute Gasteiger partial charge is 0.242 e. The standard InChI is InChI=1S/C26H35Cl2N3O4S/c1-6-14-29-26(33)20(4)30(17-21-12-13-22(27)16-23(21)28)25(32)11-8-15-31(36(5,34)35)24-10-7-9-18(2)19(24)3/h7,9-10,12-13,16,20H,6,8,11,14-15,17H2,1-5H3,(H,29,33)/t20-/m0/s1. The summed E-state index contributed by atoms with van der Waals surface area (Å²) in [4.78, 5) is 27.5. The molecule has 0 saturated heterocycles. The minimum Gasteiger partial charge on any atom is -0.354 e. The van der Waals surface area contributed by atoms with E-state index in [1.165, 1.54) is 9.21 Å². The summed E-state index contributed by atoms with van der Waals surface area (Å²) in [6.07, 6.45) is 2.28. The fraction of sp³-hybridized carbons (Fsp3) is 0.462. The van der Waals surface area contributed by atoms with Gasteiger partial charge in [-0.25, -0.2) is 8.42 Å². The highest BCUT2D eigenvalue weighted by molar-refractivity contribution is 7.92. The number of amides is 2. The van der Waals surface area contributed by atoms with Gasteiger partial charge in [0.05, 0.1) is 11.9 Å². The highest BCUT2D eigenvalue weighted by atomic mass is 35.5. The van der Waals surface area contributed by atoms with Crippen LogP contribution in [0, 0.1) is 13.8 Å². The second kappa shape index (κ2) is 13.3. The lowest BCUT2D eigenvalue weighted by molar-refractivity contribution is -0.140. The van der Waals surface area contributed by atoms with Crippen molar-refractivity contribution in [1.82, 2.24) is 10.2 Å². The van der Waals surface area contributed by atoms with Crippen molar-refractivity contribution in [2.75, 3.05) is 23.7 Å². The molecule has 10 heteroatoms. The Kier molecular flexibility index (Phi) is 11.1. The Morgan fingerprint density at radius 2 is 1.81 bits per heavy atom. The van der Waals surface area contributed by atoms with Crippen LogP contribution in [0.1, 0.15) is 49.8 Å². The Bertz CT molecular complexity index is 1190. The van der Waals surface area contributed by atoms with Crippen molar-refractivity contribution >= 4 is 50.7 Å². The first-order valence-corrected chi connectivity index (χ1v) is 14.5. The van der Waals surface area contributed by atoms with E-state index in [1.54, 1.807) is 31.2 Å². The molecule has 0 aliphatic rings. The monoisotopic (exact) mass is 555 g/mol. The van der Waals surface area contributed by atoms with Crippen molar-refractivity contribution in [2.24, 2.45) is 0 Å². The predicted octanol–water partition coefficient (Wildman–Crippen LogP) is 5.10. The van der Waals surface area contributed by atoms with Gasteiger partial charge in [0.1, 0.15) is 6.04 Å². The van der Waals surface area contributed by atoms with E-state index in [4.69, 9.17) is 23.2 Å². The molecule has 198 valence electrons. The molecule has 2 rings (SSSR count). The zero-order valence-electron chi connectivity index (χ0n) is 21.5. The lowest BCUT2D eigenvalue weighted by Crippen LogP contribution is -2.48. The molecule has 1 N–H and O–H groups in total. The average molecular weight is 557 g/mol. The fourth-order valence-corrected chi connectivity index (χ4v) is 5.28. The van der Waals surface area contributed by atoms with Crippen LogP contribution in [0.25, 0.3) is 0 Å². The molecule has 1 atom stereocenters. The van der Waals surface area contributed by atoms with Crippen LogP contribution < -0.4 is 9.62 Å². The summed E-state index contributed by atoms with van der Waals surface area (Å²) in [6, 6.07) is 9.77. The Morgan fingerprint density at radius 3 is 2.42 bits per heavy atom. The van der Waals surface area contributed by atoms with Gasteiger partial charge in [-0.3, -0.25) is 13.9 Å². The molecule has 0 aliphatic heterocycles. The van der Waals surface area contributed by atoms with Gasteiger partial charge in [0, 0.05) is 36.1 Å². The molecule has 0 radical (unpaired) electrons. The van der Waals surface area contributed by atoms with E-state index in [-0.39, 0.29) is 37.7 Å². The summed E-state index contributed by atoms with van der Waals surface area (Å²) in [5.74, 6) is -0.530. The molecule has 2 aromatic rings. The zero-order chi connectivity index (χ0) is 27.0. The largest absolute Gasteiger partial charge is 0.354 e. The molecular formula is C26H35Cl2N3O4S. The SMILES string of the molecule is CCCNC(=O)[C@H](C)N(Cc1ccc(Cl)cc1Cl)C(=O)CCCN(c1cccc(C)c1C)S(C)(=O)=O. The Hall–Kier alpha value is -2.29. The maximum absolute atomic E-state index is 13.3. The molecule has 0 fully saturated rings. The fourth-order valence-electron chi connectivity index (χ4n) is 3.80. The van der Waals surface area contributed by atoms with Crippen molar-refractivity contribution < 1.29 is 18.0 Å². The zero-order valence-corrected chi connectivity index (χ0v) is 23.8. The normalized spacial score (nSPS) is 12.2. The van der Waals surface area contributed by atoms with Crippen molar-refractivity contribution in [3.63, 3.8) is 0 Å². The molecule has 2 amide bonds. The number of hydrogen-bond acceptors (Lipinski definition) is 4. The molecule has 0 bridgehead atoms. The maximum atomic E-state index is 13.3. The number of nitrogens with zero attached hydrogens (tertiary/aromatic N) is 2. The minimum atomic E-state index is -3.56. The van der Waals surface area contributed by atoms with Crippen LogP contribution in [-0.4, -0.2) is 50.5 Å². The highest BCUT2D eigenvalue weighted by Gasteiger charge is 2.27. The number of sulfonamides is 1. The number of carbonyl (C=O) groups excluding carboxylic acids is 2. The highest BCUT2D eigenvalue weighted by Crippen LogP contribution is 2.26. The van der Waals surface area contributed by atoms with Gasteiger partial charge in [-0.2, -0.15) is 0 Å². The van der Waals surface area contributed by atoms with Crippen LogP contribution in [-0.2, 0) is 26.2 Å². The molecular weight excluding hydrogens is 521 g/mol. The first-order valence-electron chi connectivity index (χ1n) is 11.9. The number of anilines is 1. The Morgan fingerprint density at radius 1 is 1.11 bits per heavy atom. The molecule has 0 unspecified atom stereocenters. The Labute approximate surface area is 224 Å². The van der Waals surface area contributed by atoms with E-state index in [0.29, 0.717) is 27.8 Å². The van der Waals surface area contributed by atoms with Crippen LogP contribution in [0.2, 0.25) is 10.0 Å². The first-order chi connectivity index (χ1) is 16.9. The number of benzene rings is 2. The molecule has 0 heterocycles. The average Bonchev–Trinajstić information content (AvgIpc) is 2.80. The van der Waals surface area contributed by atoms with Crippen molar-refractivity contribution in [3.05, 3.63) is 63.1 Å². The van der Waals surface area contributed by atoms with E-state index in [2.05, 4.69) is 5.32 Å². The third-order valence-corrected chi connectivity index (χ3v) is 7.84. The van der Waals surface area contributed by atoms with Crippen LogP contribution >= 0.6 is 23.2 Å². The molecule has 0 aliphatic carbocycles. The van der Waals surface area contributed by atoms with Gasteiger partial charge in [0.25, 0.3) is 0 Å². The Balaban J connectivity index is 2.22. The number of aryl methyl sites for hydroxylation is 1. The topological polar surface area (TPSA) is 86.8 Å². The summed E-state index contributed by atoms with van der Waals surface area (Å²) in [5.41, 5.74) is 3.12. The predicted molar refractivity (Wildman–Crippen MR) is 147 cm³/mol. The van der Waals surface area contributed by atoms with Crippen molar-refractivity contribution in [1.29, 1.82) is 0 Å². The quantitative estimate of drug-likeness (QED) is 0.394. The molecule has 2 aromatic carbocycles. The summed E-state index contributed by atoms with van der Waals surface area (Å²) in [5, 5.41) is 3.71. The molecule has 0 saturated carbocycles. The van der Waals surface area contributed by atoms with E-state index >= 15 is 0 Å². The minimum absolute atomic E-state index is 0.0630. The number of hydrogen-bond donors (Lipinski definition) is 1. The number of rotatable bonds is 12.